The third-order valence-electron chi connectivity index (χ3n) is 12.2. The van der Waals surface area contributed by atoms with E-state index in [1.807, 2.05) is 0 Å². The molecule has 3 heterocycles. The highest BCUT2D eigenvalue weighted by atomic mass is 16.7. The van der Waals surface area contributed by atoms with E-state index in [4.69, 9.17) is 23.4 Å². The van der Waals surface area contributed by atoms with Gasteiger partial charge >= 0.3 is 14.2 Å². The van der Waals surface area contributed by atoms with E-state index in [2.05, 4.69) is 159 Å². The van der Waals surface area contributed by atoms with Crippen molar-refractivity contribution in [3.8, 4) is 5.75 Å². The second kappa shape index (κ2) is 13.7. The molecule has 2 saturated heterocycles. The van der Waals surface area contributed by atoms with Crippen LogP contribution in [0.3, 0.4) is 0 Å². The maximum absolute atomic E-state index is 6.47. The molecule has 4 aromatic carbocycles. The molecule has 8 heteroatoms. The van der Waals surface area contributed by atoms with Crippen molar-refractivity contribution in [3.05, 3.63) is 83.9 Å². The fourth-order valence-electron chi connectivity index (χ4n) is 7.21. The molecule has 6 nitrogen and oxygen atoms in total. The second-order valence-corrected chi connectivity index (χ2v) is 16.9. The molecule has 0 saturated carbocycles. The second-order valence-electron chi connectivity index (χ2n) is 16.9. The molecule has 272 valence electrons. The number of unbranched alkanes of at least 4 members (excludes halogenated alkanes) is 1. The van der Waals surface area contributed by atoms with E-state index in [1.54, 1.807) is 0 Å². The van der Waals surface area contributed by atoms with Gasteiger partial charge in [-0.05, 0) is 137 Å². The van der Waals surface area contributed by atoms with Crippen LogP contribution in [0.15, 0.2) is 72.8 Å². The number of nitrogens with zero attached hydrogens (tertiary/aromatic N) is 1. The number of ether oxygens (including phenoxy) is 1. The minimum Gasteiger partial charge on any atom is -0.493 e. The van der Waals surface area contributed by atoms with Gasteiger partial charge < -0.3 is 28.3 Å². The predicted molar refractivity (Wildman–Crippen MR) is 218 cm³/mol. The lowest BCUT2D eigenvalue weighted by Crippen LogP contribution is -2.41. The molecule has 0 bridgehead atoms. The summed E-state index contributed by atoms with van der Waals surface area (Å²) in [5.74, 6) is 1.51. The number of fused-ring (bicyclic) bond motifs is 3. The molecule has 0 aliphatic carbocycles. The summed E-state index contributed by atoms with van der Waals surface area (Å²) in [7, 11) is -0.900. The first kappa shape index (κ1) is 36.8. The summed E-state index contributed by atoms with van der Waals surface area (Å²) in [6.07, 6.45) is 9.23. The molecule has 0 N–H and O–H groups in total. The van der Waals surface area contributed by atoms with E-state index >= 15 is 0 Å². The van der Waals surface area contributed by atoms with Crippen LogP contribution in [0, 0.1) is 5.92 Å². The van der Waals surface area contributed by atoms with Gasteiger partial charge in [0.05, 0.1) is 40.4 Å². The Morgan fingerprint density at radius 2 is 1.12 bits per heavy atom. The predicted octanol–water partition coefficient (Wildman–Crippen LogP) is 9.99. The van der Waals surface area contributed by atoms with E-state index in [1.165, 1.54) is 19.3 Å². The molecule has 0 spiro atoms. The normalized spacial score (nSPS) is 20.2. The van der Waals surface area contributed by atoms with Gasteiger partial charge in [0, 0.05) is 5.69 Å². The van der Waals surface area contributed by atoms with E-state index in [9.17, 15) is 0 Å². The maximum Gasteiger partial charge on any atom is 0.494 e. The SMILES string of the molecule is CCCCC(CC)COc1ccc2cc(N3c4ccc(B5OC(C)(C)C(C)(C)O5)cc4C=Cc4cc(B5OC(C)(C)C(C)(C)O5)ccc43)ccc2c1. The first-order valence-corrected chi connectivity index (χ1v) is 19.3. The van der Waals surface area contributed by atoms with Crippen molar-refractivity contribution in [2.24, 2.45) is 5.92 Å². The molecule has 4 aromatic rings. The zero-order valence-corrected chi connectivity index (χ0v) is 32.8. The van der Waals surface area contributed by atoms with Gasteiger partial charge in [0.1, 0.15) is 5.75 Å². The van der Waals surface area contributed by atoms with Gasteiger partial charge in [-0.1, -0.05) is 81.7 Å². The van der Waals surface area contributed by atoms with Crippen LogP contribution in [-0.2, 0) is 18.6 Å². The summed E-state index contributed by atoms with van der Waals surface area (Å²) in [5, 5.41) is 2.31. The molecular weight excluding hydrogens is 644 g/mol. The Bertz CT molecular complexity index is 1860. The van der Waals surface area contributed by atoms with Crippen molar-refractivity contribution >= 4 is 65.1 Å². The molecular formula is C44H55B2NO5. The first-order valence-electron chi connectivity index (χ1n) is 19.3. The fraction of sp³-hybridized carbons (Fsp3) is 0.455. The van der Waals surface area contributed by atoms with Gasteiger partial charge in [-0.2, -0.15) is 0 Å². The topological polar surface area (TPSA) is 49.4 Å². The molecule has 2 fully saturated rings. The highest BCUT2D eigenvalue weighted by molar-refractivity contribution is 6.62. The highest BCUT2D eigenvalue weighted by Gasteiger charge is 2.53. The first-order chi connectivity index (χ1) is 24.6. The summed E-state index contributed by atoms with van der Waals surface area (Å²) in [6, 6.07) is 26.2. The van der Waals surface area contributed by atoms with Crippen molar-refractivity contribution < 1.29 is 23.4 Å². The summed E-state index contributed by atoms with van der Waals surface area (Å²) in [4.78, 5) is 2.36. The molecule has 0 aromatic heterocycles. The van der Waals surface area contributed by atoms with Crippen LogP contribution < -0.4 is 20.6 Å². The van der Waals surface area contributed by atoms with E-state index in [-0.39, 0.29) is 0 Å². The van der Waals surface area contributed by atoms with Crippen LogP contribution in [-0.4, -0.2) is 43.2 Å². The van der Waals surface area contributed by atoms with E-state index in [0.717, 1.165) is 68.7 Å². The zero-order valence-electron chi connectivity index (χ0n) is 32.8. The smallest absolute Gasteiger partial charge is 0.493 e. The number of benzene rings is 4. The molecule has 1 unspecified atom stereocenters. The largest absolute Gasteiger partial charge is 0.494 e. The number of hydrogen-bond donors (Lipinski definition) is 0. The Morgan fingerprint density at radius 1 is 0.615 bits per heavy atom. The minimum atomic E-state index is -0.450. The van der Waals surface area contributed by atoms with Gasteiger partial charge in [-0.15, -0.1) is 0 Å². The van der Waals surface area contributed by atoms with Crippen molar-refractivity contribution in [2.75, 3.05) is 11.5 Å². The molecule has 3 aliphatic rings. The van der Waals surface area contributed by atoms with Gasteiger partial charge in [-0.3, -0.25) is 0 Å². The lowest BCUT2D eigenvalue weighted by molar-refractivity contribution is 0.00578. The van der Waals surface area contributed by atoms with Gasteiger partial charge in [0.2, 0.25) is 0 Å². The molecule has 0 radical (unpaired) electrons. The third-order valence-corrected chi connectivity index (χ3v) is 12.2. The van der Waals surface area contributed by atoms with Crippen molar-refractivity contribution in [1.82, 2.24) is 0 Å². The zero-order chi connectivity index (χ0) is 37.1. The Kier molecular flexibility index (Phi) is 9.69. The average Bonchev–Trinajstić information content (AvgIpc) is 3.38. The number of rotatable bonds is 10. The lowest BCUT2D eigenvalue weighted by atomic mass is 9.78. The summed E-state index contributed by atoms with van der Waals surface area (Å²) < 4.78 is 32.2. The van der Waals surface area contributed by atoms with Crippen LogP contribution >= 0.6 is 0 Å². The van der Waals surface area contributed by atoms with Gasteiger partial charge in [-0.25, -0.2) is 0 Å². The standard InChI is InChI=1S/C44H55B2NO5/c1-11-13-14-30(12-2)29-48-38-22-18-31-27-37(21-17-32(31)28-38)47-39-23-19-35(45-49-41(3,4)42(5,6)50-45)25-33(39)15-16-34-26-36(20-24-40(34)47)46-51-43(7,8)44(9,10)52-46/h15-28,30H,11-14,29H2,1-10H3. The van der Waals surface area contributed by atoms with Crippen molar-refractivity contribution in [2.45, 2.75) is 117 Å². The molecule has 52 heavy (non-hydrogen) atoms. The fourth-order valence-corrected chi connectivity index (χ4v) is 7.21. The lowest BCUT2D eigenvalue weighted by Gasteiger charge is -2.32. The summed E-state index contributed by atoms with van der Waals surface area (Å²) in [6.45, 7) is 22.0. The average molecular weight is 700 g/mol. The maximum atomic E-state index is 6.47. The number of anilines is 3. The monoisotopic (exact) mass is 699 g/mol. The molecule has 3 aliphatic heterocycles. The quantitative estimate of drug-likeness (QED) is 0.135. The number of hydrogen-bond acceptors (Lipinski definition) is 6. The minimum absolute atomic E-state index is 0.421. The third kappa shape index (κ3) is 6.84. The van der Waals surface area contributed by atoms with Crippen LogP contribution in [0.25, 0.3) is 22.9 Å². The molecule has 7 rings (SSSR count). The van der Waals surface area contributed by atoms with Crippen LogP contribution in [0.5, 0.6) is 5.75 Å². The van der Waals surface area contributed by atoms with Gasteiger partial charge in [0.25, 0.3) is 0 Å². The Morgan fingerprint density at radius 3 is 1.62 bits per heavy atom. The summed E-state index contributed by atoms with van der Waals surface area (Å²) >= 11 is 0. The Labute approximate surface area is 312 Å². The Balaban J connectivity index is 1.26. The van der Waals surface area contributed by atoms with E-state index < -0.39 is 36.6 Å². The van der Waals surface area contributed by atoms with E-state index in [0.29, 0.717) is 5.92 Å². The summed E-state index contributed by atoms with van der Waals surface area (Å²) in [5.41, 5.74) is 5.70. The Hall–Kier alpha value is -3.55. The van der Waals surface area contributed by atoms with Crippen LogP contribution in [0.1, 0.15) is 106 Å². The van der Waals surface area contributed by atoms with Crippen LogP contribution in [0.2, 0.25) is 0 Å². The molecule has 1 atom stereocenters. The van der Waals surface area contributed by atoms with Crippen molar-refractivity contribution in [3.63, 3.8) is 0 Å². The van der Waals surface area contributed by atoms with Gasteiger partial charge in [0.15, 0.2) is 0 Å². The van der Waals surface area contributed by atoms with Crippen LogP contribution in [0.4, 0.5) is 17.1 Å². The van der Waals surface area contributed by atoms with Crippen molar-refractivity contribution in [1.29, 1.82) is 0 Å². The highest BCUT2D eigenvalue weighted by Crippen LogP contribution is 2.44. The molecule has 0 amide bonds.